The molecule has 2 heterocycles. The van der Waals surface area contributed by atoms with Crippen LogP contribution in [0.3, 0.4) is 0 Å². The maximum atomic E-state index is 13.6. The molecule has 0 amide bonds. The minimum Gasteiger partial charge on any atom is -0.339 e. The number of benzene rings is 3. The fourth-order valence-electron chi connectivity index (χ4n) is 3.38. The molecule has 32 heavy (non-hydrogen) atoms. The lowest BCUT2D eigenvalue weighted by Gasteiger charge is -2.05. The zero-order valence-electron chi connectivity index (χ0n) is 17.0. The molecule has 0 saturated carbocycles. The van der Waals surface area contributed by atoms with Crippen LogP contribution in [0.15, 0.2) is 78.9 Å². The molecule has 0 bridgehead atoms. The molecule has 5 rings (SSSR count). The molecule has 0 aliphatic heterocycles. The van der Waals surface area contributed by atoms with E-state index in [4.69, 9.17) is 11.6 Å². The fraction of sp³-hybridized carbons (Fsp3) is 0.0417. The topological polar surface area (TPSA) is 71.8 Å². The van der Waals surface area contributed by atoms with Gasteiger partial charge in [0, 0.05) is 23.4 Å². The normalized spacial score (nSPS) is 10.9. The number of anilines is 4. The first-order chi connectivity index (χ1) is 15.6. The molecule has 0 atom stereocenters. The van der Waals surface area contributed by atoms with E-state index in [1.54, 1.807) is 12.1 Å². The van der Waals surface area contributed by atoms with E-state index in [2.05, 4.69) is 20.6 Å². The van der Waals surface area contributed by atoms with Gasteiger partial charge in [-0.15, -0.1) is 0 Å². The molecule has 0 saturated heterocycles. The van der Waals surface area contributed by atoms with Crippen LogP contribution in [0.5, 0.6) is 0 Å². The summed E-state index contributed by atoms with van der Waals surface area (Å²) in [6, 6.07) is 24.6. The lowest BCUT2D eigenvalue weighted by Crippen LogP contribution is -2.09. The largest absolute Gasteiger partial charge is 0.339 e. The summed E-state index contributed by atoms with van der Waals surface area (Å²) in [6.07, 6.45) is 0. The second kappa shape index (κ2) is 8.45. The third kappa shape index (κ3) is 3.95. The molecule has 0 unspecified atom stereocenters. The van der Waals surface area contributed by atoms with Crippen molar-refractivity contribution in [2.75, 3.05) is 10.6 Å². The molecule has 3 aromatic carbocycles. The number of halogens is 1. The number of nitrogens with zero attached hydrogens (tertiary/aromatic N) is 3. The Labute approximate surface area is 193 Å². The number of nitrogens with one attached hydrogen (secondary N) is 2. The smallest absolute Gasteiger partial charge is 0.242 e. The zero-order chi connectivity index (χ0) is 22.1. The van der Waals surface area contributed by atoms with Crippen molar-refractivity contribution in [3.8, 4) is 0 Å². The van der Waals surface area contributed by atoms with Crippen LogP contribution in [-0.2, 0) is 7.05 Å². The van der Waals surface area contributed by atoms with E-state index in [-0.39, 0.29) is 5.78 Å². The lowest BCUT2D eigenvalue weighted by molar-refractivity contribution is 0.103. The quantitative estimate of drug-likeness (QED) is 0.287. The second-order valence-corrected chi connectivity index (χ2v) is 8.57. The van der Waals surface area contributed by atoms with Gasteiger partial charge < -0.3 is 15.2 Å². The van der Waals surface area contributed by atoms with Gasteiger partial charge in [-0.05, 0) is 48.5 Å². The van der Waals surface area contributed by atoms with Gasteiger partial charge >= 0.3 is 0 Å². The molecule has 0 aliphatic carbocycles. The lowest BCUT2D eigenvalue weighted by atomic mass is 10.3. The highest BCUT2D eigenvalue weighted by Crippen LogP contribution is 2.33. The van der Waals surface area contributed by atoms with Gasteiger partial charge in [-0.1, -0.05) is 53.3 Å². The predicted molar refractivity (Wildman–Crippen MR) is 131 cm³/mol. The van der Waals surface area contributed by atoms with Crippen LogP contribution in [0.4, 0.5) is 22.3 Å². The monoisotopic (exact) mass is 459 g/mol. The first-order valence-corrected chi connectivity index (χ1v) is 11.1. The van der Waals surface area contributed by atoms with Crippen molar-refractivity contribution in [1.82, 2.24) is 14.5 Å². The summed E-state index contributed by atoms with van der Waals surface area (Å²) in [6.45, 7) is 0. The summed E-state index contributed by atoms with van der Waals surface area (Å²) in [4.78, 5) is 23.3. The Morgan fingerprint density at radius 3 is 2.31 bits per heavy atom. The Bertz CT molecular complexity index is 1410. The number of aryl methyl sites for hydroxylation is 1. The Morgan fingerprint density at radius 2 is 1.56 bits per heavy atom. The van der Waals surface area contributed by atoms with Gasteiger partial charge in [0.2, 0.25) is 5.78 Å². The Balaban J connectivity index is 1.55. The molecule has 158 valence electrons. The van der Waals surface area contributed by atoms with Crippen LogP contribution in [0.1, 0.15) is 15.5 Å². The van der Waals surface area contributed by atoms with Crippen molar-refractivity contribution in [2.45, 2.75) is 0 Å². The molecule has 2 N–H and O–H groups in total. The maximum Gasteiger partial charge on any atom is 0.242 e. The number of thiazole rings is 1. The highest BCUT2D eigenvalue weighted by atomic mass is 35.5. The van der Waals surface area contributed by atoms with Crippen molar-refractivity contribution < 1.29 is 4.79 Å². The molecule has 0 aliphatic rings. The summed E-state index contributed by atoms with van der Waals surface area (Å²) in [5.41, 5.74) is 3.35. The molecule has 0 spiro atoms. The van der Waals surface area contributed by atoms with E-state index < -0.39 is 0 Å². The molecular weight excluding hydrogens is 442 g/mol. The first-order valence-electron chi connectivity index (χ1n) is 9.90. The number of imidazole rings is 1. The highest BCUT2D eigenvalue weighted by Gasteiger charge is 2.24. The van der Waals surface area contributed by atoms with Crippen LogP contribution in [0.2, 0.25) is 5.02 Å². The number of ketones is 1. The van der Waals surface area contributed by atoms with Crippen molar-refractivity contribution in [2.24, 2.45) is 7.05 Å². The number of para-hydroxylation sites is 3. The van der Waals surface area contributed by atoms with Crippen LogP contribution >= 0.6 is 22.9 Å². The fourth-order valence-corrected chi connectivity index (χ4v) is 4.38. The maximum absolute atomic E-state index is 13.6. The van der Waals surface area contributed by atoms with E-state index in [1.807, 2.05) is 78.3 Å². The van der Waals surface area contributed by atoms with Gasteiger partial charge in [0.1, 0.15) is 4.88 Å². The number of carbonyl (C=O) groups excluding carboxylic acids is 1. The number of aromatic nitrogens is 3. The Hall–Kier alpha value is -3.68. The minimum absolute atomic E-state index is 0.191. The van der Waals surface area contributed by atoms with Crippen LogP contribution in [0, 0.1) is 0 Å². The average molecular weight is 460 g/mol. The standard InChI is InChI=1S/C24H18ClN5OS/c1-30-19-10-6-5-9-18(19)28-23(30)20(31)21-22(26-16-7-3-2-4-8-16)29-24(32-21)27-17-13-11-15(25)12-14-17/h2-14,26H,1H3,(H,27,29). The third-order valence-corrected chi connectivity index (χ3v) is 6.18. The summed E-state index contributed by atoms with van der Waals surface area (Å²) < 4.78 is 1.82. The summed E-state index contributed by atoms with van der Waals surface area (Å²) in [5.74, 6) is 0.655. The van der Waals surface area contributed by atoms with Crippen LogP contribution in [-0.4, -0.2) is 20.3 Å². The Kier molecular flexibility index (Phi) is 5.34. The third-order valence-electron chi connectivity index (χ3n) is 4.96. The summed E-state index contributed by atoms with van der Waals surface area (Å²) in [7, 11) is 1.85. The van der Waals surface area contributed by atoms with E-state index in [0.717, 1.165) is 22.4 Å². The summed E-state index contributed by atoms with van der Waals surface area (Å²) >= 11 is 7.27. The van der Waals surface area contributed by atoms with Gasteiger partial charge in [-0.2, -0.15) is 0 Å². The average Bonchev–Trinajstić information content (AvgIpc) is 3.36. The van der Waals surface area contributed by atoms with Crippen LogP contribution < -0.4 is 10.6 Å². The number of rotatable bonds is 6. The molecular formula is C24H18ClN5OS. The van der Waals surface area contributed by atoms with Gasteiger partial charge in [-0.25, -0.2) is 9.97 Å². The second-order valence-electron chi connectivity index (χ2n) is 7.13. The van der Waals surface area contributed by atoms with E-state index in [9.17, 15) is 4.79 Å². The molecule has 5 aromatic rings. The van der Waals surface area contributed by atoms with Gasteiger partial charge in [0.25, 0.3) is 0 Å². The van der Waals surface area contributed by atoms with Crippen LogP contribution in [0.25, 0.3) is 11.0 Å². The number of fused-ring (bicyclic) bond motifs is 1. The van der Waals surface area contributed by atoms with Gasteiger partial charge in [0.05, 0.1) is 11.0 Å². The molecule has 6 nitrogen and oxygen atoms in total. The Morgan fingerprint density at radius 1 is 0.875 bits per heavy atom. The first kappa shape index (κ1) is 20.2. The van der Waals surface area contributed by atoms with E-state index in [0.29, 0.717) is 26.7 Å². The minimum atomic E-state index is -0.191. The van der Waals surface area contributed by atoms with Crippen molar-refractivity contribution in [3.63, 3.8) is 0 Å². The molecule has 8 heteroatoms. The summed E-state index contributed by atoms with van der Waals surface area (Å²) in [5, 5.41) is 7.77. The highest BCUT2D eigenvalue weighted by molar-refractivity contribution is 7.18. The van der Waals surface area contributed by atoms with E-state index in [1.165, 1.54) is 11.3 Å². The van der Waals surface area contributed by atoms with Gasteiger partial charge in [-0.3, -0.25) is 4.79 Å². The number of hydrogen-bond donors (Lipinski definition) is 2. The van der Waals surface area contributed by atoms with E-state index >= 15 is 0 Å². The molecule has 2 aromatic heterocycles. The van der Waals surface area contributed by atoms with Gasteiger partial charge in [0.15, 0.2) is 16.8 Å². The van der Waals surface area contributed by atoms with Crippen molar-refractivity contribution in [3.05, 3.63) is 94.6 Å². The molecule has 0 radical (unpaired) electrons. The zero-order valence-corrected chi connectivity index (χ0v) is 18.6. The SMILES string of the molecule is Cn1c(C(=O)c2sc(Nc3ccc(Cl)cc3)nc2Nc2ccccc2)nc2ccccc21. The predicted octanol–water partition coefficient (Wildman–Crippen LogP) is 6.40. The van der Waals surface area contributed by atoms with Crippen molar-refractivity contribution in [1.29, 1.82) is 0 Å². The number of hydrogen-bond acceptors (Lipinski definition) is 6. The van der Waals surface area contributed by atoms with Crippen molar-refractivity contribution >= 4 is 62.1 Å². The number of carbonyl (C=O) groups is 1. The molecule has 0 fully saturated rings.